The van der Waals surface area contributed by atoms with Crippen molar-refractivity contribution in [3.63, 3.8) is 0 Å². The molecule has 13 heavy (non-hydrogen) atoms. The summed E-state index contributed by atoms with van der Waals surface area (Å²) in [4.78, 5) is -5.64. The van der Waals surface area contributed by atoms with E-state index in [0.717, 1.165) is 0 Å². The van der Waals surface area contributed by atoms with Gasteiger partial charge in [-0.05, 0) is 0 Å². The molecular formula is CHF6LiO3S2. The van der Waals surface area contributed by atoms with Gasteiger partial charge in [0.2, 0.25) is 0 Å². The molecular weight excluding hydrogens is 245 g/mol. The molecule has 0 aromatic rings. The van der Waals surface area contributed by atoms with Crippen molar-refractivity contribution in [3.8, 4) is 0 Å². The van der Waals surface area contributed by atoms with Crippen molar-refractivity contribution in [1.82, 2.24) is 0 Å². The van der Waals surface area contributed by atoms with E-state index in [0.29, 0.717) is 0 Å². The monoisotopic (exact) mass is 246 g/mol. The van der Waals surface area contributed by atoms with Gasteiger partial charge in [-0.1, -0.05) is 19.4 Å². The molecule has 0 amide bonds. The Hall–Kier alpha value is 0.437. The fourth-order valence-corrected chi connectivity index (χ4v) is 2.00. The van der Waals surface area contributed by atoms with E-state index in [1.165, 1.54) is 0 Å². The van der Waals surface area contributed by atoms with E-state index < -0.39 is 25.2 Å². The topological polar surface area (TPSA) is 57.2 Å². The zero-order valence-corrected chi connectivity index (χ0v) is 7.52. The molecule has 0 fully saturated rings. The summed E-state index contributed by atoms with van der Waals surface area (Å²) in [6.45, 7) is 0. The Balaban J connectivity index is 0. The van der Waals surface area contributed by atoms with Crippen LogP contribution in [0.5, 0.6) is 0 Å². The first kappa shape index (κ1) is 15.9. The summed E-state index contributed by atoms with van der Waals surface area (Å²) < 4.78 is 95.1. The molecule has 0 aliphatic carbocycles. The Morgan fingerprint density at radius 3 is 1.31 bits per heavy atom. The van der Waals surface area contributed by atoms with Gasteiger partial charge in [-0.2, -0.15) is 0 Å². The minimum absolute atomic E-state index is 0. The van der Waals surface area contributed by atoms with Crippen LogP contribution in [0.15, 0.2) is 0 Å². The molecule has 0 heterocycles. The van der Waals surface area contributed by atoms with Crippen molar-refractivity contribution in [2.75, 3.05) is 0 Å². The van der Waals surface area contributed by atoms with Crippen molar-refractivity contribution in [2.45, 2.75) is 4.84 Å². The normalized spacial score (nSPS) is 20.8. The van der Waals surface area contributed by atoms with Crippen molar-refractivity contribution in [3.05, 3.63) is 0 Å². The molecule has 12 heteroatoms. The van der Waals surface area contributed by atoms with Crippen LogP contribution in [-0.4, -0.2) is 17.8 Å². The van der Waals surface area contributed by atoms with Crippen molar-refractivity contribution >= 4 is 20.3 Å². The Morgan fingerprint density at radius 1 is 1.08 bits per heavy atom. The average molecular weight is 246 g/mol. The Morgan fingerprint density at radius 2 is 1.31 bits per heavy atom. The van der Waals surface area contributed by atoms with E-state index in [1.54, 1.807) is 0 Å². The van der Waals surface area contributed by atoms with Crippen LogP contribution in [0.25, 0.3) is 0 Å². The summed E-state index contributed by atoms with van der Waals surface area (Å²) in [6, 6.07) is 0. The fraction of sp³-hybridized carbons (Fsp3) is 1.00. The number of hydrogen-bond donors (Lipinski definition) is 0. The zero-order valence-electron chi connectivity index (χ0n) is 5.89. The summed E-state index contributed by atoms with van der Waals surface area (Å²) in [5, 5.41) is 0. The Kier molecular flexibility index (Phi) is 3.33. The predicted octanol–water partition coefficient (Wildman–Crippen LogP) is -0.913. The molecule has 0 aliphatic rings. The van der Waals surface area contributed by atoms with E-state index in [1.807, 2.05) is 0 Å². The smallest absolute Gasteiger partial charge is 0.745 e. The maximum atomic E-state index is 11.5. The van der Waals surface area contributed by atoms with Gasteiger partial charge in [0.1, 0.15) is 10.1 Å². The summed E-state index contributed by atoms with van der Waals surface area (Å²) in [5.41, 5.74) is 0. The number of hydrogen-bond acceptors (Lipinski definition) is 3. The van der Waals surface area contributed by atoms with E-state index in [2.05, 4.69) is 0 Å². The van der Waals surface area contributed by atoms with Gasteiger partial charge >= 0.3 is 33.9 Å². The first-order chi connectivity index (χ1) is 4.64. The van der Waals surface area contributed by atoms with E-state index in [9.17, 15) is 36.8 Å². The van der Waals surface area contributed by atoms with Gasteiger partial charge in [0.25, 0.3) is 0 Å². The standard InChI is InChI=1S/CH2F6O3S2.Li/c2-1(11(8,9)10)12(3,4,5,6)7;/h1H,(H,8,9,10);/q;+1/p-1. The van der Waals surface area contributed by atoms with E-state index in [4.69, 9.17) is 0 Å². The third-order valence-electron chi connectivity index (χ3n) is 0.577. The van der Waals surface area contributed by atoms with Gasteiger partial charge < -0.3 is 4.55 Å². The second-order valence-corrected chi connectivity index (χ2v) is 5.96. The van der Waals surface area contributed by atoms with Gasteiger partial charge in [0, 0.05) is 0 Å². The molecule has 0 saturated carbocycles. The zero-order chi connectivity index (χ0) is 10.5. The maximum Gasteiger partial charge on any atom is 1.00 e. The summed E-state index contributed by atoms with van der Waals surface area (Å²) in [5.74, 6) is 0. The van der Waals surface area contributed by atoms with Crippen molar-refractivity contribution < 1.29 is 55.7 Å². The Bertz CT molecular complexity index is 288. The molecule has 0 rings (SSSR count). The van der Waals surface area contributed by atoms with Crippen LogP contribution in [0, 0.1) is 0 Å². The second-order valence-electron chi connectivity index (χ2n) is 1.80. The number of halogens is 6. The van der Waals surface area contributed by atoms with Crippen LogP contribution in [0.4, 0.5) is 23.8 Å². The quantitative estimate of drug-likeness (QED) is 0.360. The largest absolute Gasteiger partial charge is 1.00 e. The minimum atomic E-state index is -10.9. The van der Waals surface area contributed by atoms with Crippen LogP contribution in [-0.2, 0) is 10.1 Å². The minimum Gasteiger partial charge on any atom is -0.745 e. The van der Waals surface area contributed by atoms with E-state index in [-0.39, 0.29) is 18.9 Å². The van der Waals surface area contributed by atoms with E-state index >= 15 is 0 Å². The van der Waals surface area contributed by atoms with Crippen LogP contribution in [0.2, 0.25) is 0 Å². The van der Waals surface area contributed by atoms with Gasteiger partial charge in [-0.25, -0.2) is 12.8 Å². The molecule has 0 aliphatic heterocycles. The van der Waals surface area contributed by atoms with Gasteiger partial charge in [0.05, 0.1) is 0 Å². The molecule has 1 atom stereocenters. The summed E-state index contributed by atoms with van der Waals surface area (Å²) in [6.07, 6.45) is 0. The first-order valence-corrected chi connectivity index (χ1v) is 5.45. The third-order valence-corrected chi connectivity index (χ3v) is 3.53. The van der Waals surface area contributed by atoms with Gasteiger partial charge in [-0.15, -0.1) is 0 Å². The number of rotatable bonds is 2. The predicted molar refractivity (Wildman–Crippen MR) is 27.7 cm³/mol. The van der Waals surface area contributed by atoms with Crippen LogP contribution in [0.3, 0.4) is 0 Å². The third kappa shape index (κ3) is 5.01. The number of alkyl halides is 1. The van der Waals surface area contributed by atoms with Crippen LogP contribution >= 0.6 is 10.2 Å². The Labute approximate surface area is 81.1 Å². The summed E-state index contributed by atoms with van der Waals surface area (Å²) in [7, 11) is -17.6. The molecule has 0 radical (unpaired) electrons. The van der Waals surface area contributed by atoms with Crippen LogP contribution < -0.4 is 18.9 Å². The molecule has 1 unspecified atom stereocenters. The molecule has 78 valence electrons. The SMILES string of the molecule is O=S(=O)([O-])C(F)S(F)(F)(F)(F)F.[Li+]. The average Bonchev–Trinajstić information content (AvgIpc) is 1.54. The molecule has 0 bridgehead atoms. The maximum absolute atomic E-state index is 11.5. The first-order valence-electron chi connectivity index (χ1n) is 1.96. The second kappa shape index (κ2) is 2.72. The molecule has 0 spiro atoms. The van der Waals surface area contributed by atoms with Crippen LogP contribution in [0.1, 0.15) is 0 Å². The van der Waals surface area contributed by atoms with Gasteiger partial charge in [-0.3, -0.25) is 0 Å². The van der Waals surface area contributed by atoms with Gasteiger partial charge in [0.15, 0.2) is 0 Å². The molecule has 0 aromatic heterocycles. The van der Waals surface area contributed by atoms with Crippen molar-refractivity contribution in [1.29, 1.82) is 0 Å². The molecule has 0 saturated heterocycles. The molecule has 0 aromatic carbocycles. The molecule has 3 nitrogen and oxygen atoms in total. The van der Waals surface area contributed by atoms with Crippen molar-refractivity contribution in [2.24, 2.45) is 0 Å². The summed E-state index contributed by atoms with van der Waals surface area (Å²) >= 11 is 0. The fourth-order valence-electron chi connectivity index (χ4n) is 0.223. The molecule has 0 N–H and O–H groups in total.